The highest BCUT2D eigenvalue weighted by molar-refractivity contribution is 5.84. The van der Waals surface area contributed by atoms with E-state index in [2.05, 4.69) is 0 Å². The lowest BCUT2D eigenvalue weighted by Crippen LogP contribution is -2.13. The van der Waals surface area contributed by atoms with Gasteiger partial charge in [-0.15, -0.1) is 0 Å². The maximum absolute atomic E-state index is 12.5. The molecular weight excluding hydrogens is 388 g/mol. The zero-order valence-electron chi connectivity index (χ0n) is 16.6. The SMILES string of the molecule is O=c1oc2cc3c(cc2cc1-c1ccccc1)OCCOCCOCCOCCO3. The van der Waals surface area contributed by atoms with E-state index in [0.717, 1.165) is 10.9 Å². The molecule has 0 bridgehead atoms. The minimum Gasteiger partial charge on any atom is -0.487 e. The molecule has 1 aliphatic rings. The Balaban J connectivity index is 1.64. The molecule has 0 atom stereocenters. The Kier molecular flexibility index (Phi) is 6.97. The molecule has 1 aromatic heterocycles. The largest absolute Gasteiger partial charge is 0.487 e. The molecular formula is C23H24O7. The van der Waals surface area contributed by atoms with Gasteiger partial charge in [-0.25, -0.2) is 4.79 Å². The highest BCUT2D eigenvalue weighted by Gasteiger charge is 2.13. The fraction of sp³-hybridized carbons (Fsp3) is 0.348. The van der Waals surface area contributed by atoms with Crippen molar-refractivity contribution in [1.82, 2.24) is 0 Å². The number of ether oxygens (including phenoxy) is 5. The van der Waals surface area contributed by atoms with Crippen LogP contribution in [0.5, 0.6) is 11.5 Å². The van der Waals surface area contributed by atoms with Gasteiger partial charge in [-0.2, -0.15) is 0 Å². The molecule has 0 saturated heterocycles. The smallest absolute Gasteiger partial charge is 0.344 e. The molecule has 2 heterocycles. The summed E-state index contributed by atoms with van der Waals surface area (Å²) in [7, 11) is 0. The molecule has 0 radical (unpaired) electrons. The van der Waals surface area contributed by atoms with Gasteiger partial charge in [0.15, 0.2) is 11.5 Å². The summed E-state index contributed by atoms with van der Waals surface area (Å²) in [5.74, 6) is 1.05. The van der Waals surface area contributed by atoms with E-state index < -0.39 is 5.63 Å². The summed E-state index contributed by atoms with van der Waals surface area (Å²) in [5.41, 5.74) is 1.33. The summed E-state index contributed by atoms with van der Waals surface area (Å²) in [6.45, 7) is 3.55. The summed E-state index contributed by atoms with van der Waals surface area (Å²) >= 11 is 0. The molecule has 2 aromatic carbocycles. The molecule has 4 rings (SSSR count). The van der Waals surface area contributed by atoms with Crippen LogP contribution in [0.2, 0.25) is 0 Å². The fourth-order valence-corrected chi connectivity index (χ4v) is 3.13. The van der Waals surface area contributed by atoms with Gasteiger partial charge in [0, 0.05) is 11.5 Å². The van der Waals surface area contributed by atoms with Crippen LogP contribution in [0.4, 0.5) is 0 Å². The molecule has 1 aliphatic heterocycles. The Labute approximate surface area is 174 Å². The van der Waals surface area contributed by atoms with Crippen LogP contribution >= 0.6 is 0 Å². The average molecular weight is 412 g/mol. The van der Waals surface area contributed by atoms with Gasteiger partial charge in [-0.1, -0.05) is 30.3 Å². The Morgan fingerprint density at radius 1 is 0.633 bits per heavy atom. The number of hydrogen-bond donors (Lipinski definition) is 0. The van der Waals surface area contributed by atoms with Crippen molar-refractivity contribution in [3.8, 4) is 22.6 Å². The zero-order chi connectivity index (χ0) is 20.6. The maximum atomic E-state index is 12.5. The Morgan fingerprint density at radius 3 is 1.83 bits per heavy atom. The molecule has 0 fully saturated rings. The average Bonchev–Trinajstić information content (AvgIpc) is 2.77. The highest BCUT2D eigenvalue weighted by Crippen LogP contribution is 2.33. The van der Waals surface area contributed by atoms with Gasteiger partial charge in [0.25, 0.3) is 0 Å². The van der Waals surface area contributed by atoms with E-state index in [1.165, 1.54) is 0 Å². The Hall–Kier alpha value is -2.87. The highest BCUT2D eigenvalue weighted by atomic mass is 16.6. The van der Waals surface area contributed by atoms with Crippen molar-refractivity contribution in [2.24, 2.45) is 0 Å². The van der Waals surface area contributed by atoms with Gasteiger partial charge in [0.1, 0.15) is 18.8 Å². The normalized spacial score (nSPS) is 16.5. The fourth-order valence-electron chi connectivity index (χ4n) is 3.13. The van der Waals surface area contributed by atoms with Crippen LogP contribution in [0, 0.1) is 0 Å². The number of hydrogen-bond acceptors (Lipinski definition) is 7. The topological polar surface area (TPSA) is 76.4 Å². The van der Waals surface area contributed by atoms with E-state index >= 15 is 0 Å². The molecule has 0 unspecified atom stereocenters. The predicted octanol–water partition coefficient (Wildman–Crippen LogP) is 3.28. The molecule has 0 aliphatic carbocycles. The Bertz CT molecular complexity index is 1010. The van der Waals surface area contributed by atoms with Gasteiger partial charge < -0.3 is 28.1 Å². The van der Waals surface area contributed by atoms with Crippen LogP contribution in [0.1, 0.15) is 0 Å². The van der Waals surface area contributed by atoms with Crippen LogP contribution in [-0.2, 0) is 14.2 Å². The Morgan fingerprint density at radius 2 is 1.20 bits per heavy atom. The van der Waals surface area contributed by atoms with Crippen LogP contribution in [0.3, 0.4) is 0 Å². The van der Waals surface area contributed by atoms with E-state index in [4.69, 9.17) is 28.1 Å². The summed E-state index contributed by atoms with van der Waals surface area (Å²) < 4.78 is 33.7. The van der Waals surface area contributed by atoms with Gasteiger partial charge in [0.05, 0.1) is 45.2 Å². The lowest BCUT2D eigenvalue weighted by Gasteiger charge is -2.14. The second kappa shape index (κ2) is 10.2. The molecule has 30 heavy (non-hydrogen) atoms. The van der Waals surface area contributed by atoms with E-state index in [9.17, 15) is 4.79 Å². The lowest BCUT2D eigenvalue weighted by atomic mass is 10.1. The standard InChI is InChI=1S/C23H24O7/c24-23-19(17-4-2-1-3-5-17)14-18-15-21-22(16-20(18)30-23)29-13-11-27-9-7-25-6-8-26-10-12-28-21/h1-5,14-16H,6-13H2. The summed E-state index contributed by atoms with van der Waals surface area (Å²) in [4.78, 5) is 12.5. The van der Waals surface area contributed by atoms with Crippen molar-refractivity contribution in [2.45, 2.75) is 0 Å². The monoisotopic (exact) mass is 412 g/mol. The zero-order valence-corrected chi connectivity index (χ0v) is 16.6. The van der Waals surface area contributed by atoms with E-state index in [1.54, 1.807) is 6.07 Å². The summed E-state index contributed by atoms with van der Waals surface area (Å²) in [6, 6.07) is 14.7. The third-order valence-electron chi connectivity index (χ3n) is 4.60. The first kappa shape index (κ1) is 20.4. The summed E-state index contributed by atoms with van der Waals surface area (Å²) in [5, 5.41) is 0.749. The first-order valence-electron chi connectivity index (χ1n) is 9.97. The van der Waals surface area contributed by atoms with Crippen LogP contribution in [-0.4, -0.2) is 52.9 Å². The quantitative estimate of drug-likeness (QED) is 0.568. The molecule has 7 heteroatoms. The minimum atomic E-state index is -0.400. The molecule has 0 amide bonds. The molecule has 0 spiro atoms. The van der Waals surface area contributed by atoms with E-state index in [1.807, 2.05) is 42.5 Å². The number of rotatable bonds is 1. The molecule has 3 aromatic rings. The van der Waals surface area contributed by atoms with E-state index in [0.29, 0.717) is 75.5 Å². The minimum absolute atomic E-state index is 0.338. The lowest BCUT2D eigenvalue weighted by molar-refractivity contribution is 0.00708. The number of benzene rings is 2. The third-order valence-corrected chi connectivity index (χ3v) is 4.60. The van der Waals surface area contributed by atoms with Crippen molar-refractivity contribution >= 4 is 11.0 Å². The van der Waals surface area contributed by atoms with Gasteiger partial charge >= 0.3 is 5.63 Å². The number of fused-ring (bicyclic) bond motifs is 2. The predicted molar refractivity (Wildman–Crippen MR) is 111 cm³/mol. The van der Waals surface area contributed by atoms with Crippen molar-refractivity contribution in [3.63, 3.8) is 0 Å². The van der Waals surface area contributed by atoms with Crippen molar-refractivity contribution in [1.29, 1.82) is 0 Å². The van der Waals surface area contributed by atoms with Crippen LogP contribution < -0.4 is 15.1 Å². The van der Waals surface area contributed by atoms with Gasteiger partial charge in [-0.05, 0) is 17.7 Å². The van der Waals surface area contributed by atoms with E-state index in [-0.39, 0.29) is 0 Å². The van der Waals surface area contributed by atoms with Crippen molar-refractivity contribution < 1.29 is 28.1 Å². The summed E-state index contributed by atoms with van der Waals surface area (Å²) in [6.07, 6.45) is 0. The van der Waals surface area contributed by atoms with Crippen molar-refractivity contribution in [2.75, 3.05) is 52.9 Å². The molecule has 0 N–H and O–H groups in total. The van der Waals surface area contributed by atoms with Crippen molar-refractivity contribution in [3.05, 3.63) is 59.0 Å². The molecule has 0 saturated carbocycles. The maximum Gasteiger partial charge on any atom is 0.344 e. The molecule has 7 nitrogen and oxygen atoms in total. The second-order valence-corrected chi connectivity index (χ2v) is 6.68. The molecule has 158 valence electrons. The van der Waals surface area contributed by atoms with Gasteiger partial charge in [-0.3, -0.25) is 0 Å². The first-order chi connectivity index (χ1) is 14.8. The van der Waals surface area contributed by atoms with Gasteiger partial charge in [0.2, 0.25) is 0 Å². The first-order valence-corrected chi connectivity index (χ1v) is 9.97. The van der Waals surface area contributed by atoms with Crippen LogP contribution in [0.15, 0.2) is 57.7 Å². The second-order valence-electron chi connectivity index (χ2n) is 6.68. The third kappa shape index (κ3) is 5.18. The van der Waals surface area contributed by atoms with Crippen LogP contribution in [0.25, 0.3) is 22.1 Å².